The lowest BCUT2D eigenvalue weighted by Gasteiger charge is -2.10. The Kier molecular flexibility index (Phi) is 4.32. The van der Waals surface area contributed by atoms with Gasteiger partial charge in [0.15, 0.2) is 0 Å². The maximum atomic E-state index is 13.1. The molecule has 0 radical (unpaired) electrons. The molecule has 0 saturated heterocycles. The number of nitrogens with one attached hydrogen (secondary N) is 2. The molecule has 0 unspecified atom stereocenters. The molecule has 0 atom stereocenters. The van der Waals surface area contributed by atoms with E-state index in [1.165, 1.54) is 18.2 Å². The van der Waals surface area contributed by atoms with Crippen molar-refractivity contribution in [2.45, 2.75) is 0 Å². The number of benzene rings is 2. The molecule has 0 heterocycles. The molecule has 0 fully saturated rings. The number of urea groups is 1. The number of amides is 2. The van der Waals surface area contributed by atoms with Crippen LogP contribution < -0.4 is 16.4 Å². The second kappa shape index (κ2) is 5.98. The number of hydrogen-bond acceptors (Lipinski definition) is 2. The highest BCUT2D eigenvalue weighted by Crippen LogP contribution is 2.25. The number of nitrogen functional groups attached to an aromatic ring is 1. The van der Waals surface area contributed by atoms with E-state index in [0.717, 1.165) is 6.07 Å². The van der Waals surface area contributed by atoms with Gasteiger partial charge in [0.1, 0.15) is 5.82 Å². The second-order valence-electron chi connectivity index (χ2n) is 3.94. The van der Waals surface area contributed by atoms with Crippen molar-refractivity contribution in [3.8, 4) is 0 Å². The molecule has 2 amide bonds. The molecule has 2 rings (SSSR count). The predicted molar refractivity (Wildman–Crippen MR) is 79.9 cm³/mol. The van der Waals surface area contributed by atoms with Crippen molar-refractivity contribution in [3.05, 3.63) is 52.3 Å². The number of halogens is 3. The third kappa shape index (κ3) is 3.53. The first-order valence-corrected chi connectivity index (χ1v) is 6.29. The van der Waals surface area contributed by atoms with Crippen molar-refractivity contribution in [1.82, 2.24) is 0 Å². The standard InChI is InChI=1S/C13H10Cl2FN3O/c14-9-3-2-8(6-10(9)15)18-13(20)19-12-5-7(16)1-4-11(12)17/h1-6H,17H2,(H2,18,19,20). The van der Waals surface area contributed by atoms with Gasteiger partial charge in [-0.15, -0.1) is 0 Å². The zero-order valence-electron chi connectivity index (χ0n) is 10.1. The summed E-state index contributed by atoms with van der Waals surface area (Å²) in [6.07, 6.45) is 0. The average Bonchev–Trinajstić information content (AvgIpc) is 2.38. The van der Waals surface area contributed by atoms with Crippen LogP contribution in [0.2, 0.25) is 10.0 Å². The van der Waals surface area contributed by atoms with E-state index < -0.39 is 11.8 Å². The highest BCUT2D eigenvalue weighted by atomic mass is 35.5. The summed E-state index contributed by atoms with van der Waals surface area (Å²) < 4.78 is 13.1. The summed E-state index contributed by atoms with van der Waals surface area (Å²) in [7, 11) is 0. The fourth-order valence-electron chi connectivity index (χ4n) is 1.50. The van der Waals surface area contributed by atoms with Crippen LogP contribution in [0, 0.1) is 5.82 Å². The molecule has 20 heavy (non-hydrogen) atoms. The van der Waals surface area contributed by atoms with Gasteiger partial charge in [0, 0.05) is 5.69 Å². The Labute approximate surface area is 124 Å². The largest absolute Gasteiger partial charge is 0.397 e. The summed E-state index contributed by atoms with van der Waals surface area (Å²) in [5.74, 6) is -0.496. The van der Waals surface area contributed by atoms with Crippen LogP contribution in [0.3, 0.4) is 0 Å². The van der Waals surface area contributed by atoms with E-state index in [1.54, 1.807) is 12.1 Å². The van der Waals surface area contributed by atoms with E-state index in [0.29, 0.717) is 15.7 Å². The molecule has 0 bridgehead atoms. The molecular weight excluding hydrogens is 304 g/mol. The van der Waals surface area contributed by atoms with Crippen LogP contribution in [0.5, 0.6) is 0 Å². The third-order valence-corrected chi connectivity index (χ3v) is 3.18. The number of nitrogens with two attached hydrogens (primary N) is 1. The molecule has 104 valence electrons. The normalized spacial score (nSPS) is 10.2. The van der Waals surface area contributed by atoms with Crippen molar-refractivity contribution in [3.63, 3.8) is 0 Å². The lowest BCUT2D eigenvalue weighted by Crippen LogP contribution is -2.20. The van der Waals surface area contributed by atoms with Crippen molar-refractivity contribution >= 4 is 46.3 Å². The van der Waals surface area contributed by atoms with Crippen LogP contribution in [0.25, 0.3) is 0 Å². The molecular formula is C13H10Cl2FN3O. The van der Waals surface area contributed by atoms with Gasteiger partial charge in [-0.25, -0.2) is 9.18 Å². The summed E-state index contributed by atoms with van der Waals surface area (Å²) in [5.41, 5.74) is 6.52. The van der Waals surface area contributed by atoms with Crippen LogP contribution in [0.1, 0.15) is 0 Å². The molecule has 0 aliphatic carbocycles. The zero-order valence-corrected chi connectivity index (χ0v) is 11.6. The van der Waals surface area contributed by atoms with Crippen LogP contribution >= 0.6 is 23.2 Å². The van der Waals surface area contributed by atoms with Gasteiger partial charge in [0.25, 0.3) is 0 Å². The first-order valence-electron chi connectivity index (χ1n) is 5.54. The number of carbonyl (C=O) groups excluding carboxylic acids is 1. The SMILES string of the molecule is Nc1ccc(F)cc1NC(=O)Nc1ccc(Cl)c(Cl)c1. The Morgan fingerprint density at radius 3 is 2.50 bits per heavy atom. The quantitative estimate of drug-likeness (QED) is 0.721. The lowest BCUT2D eigenvalue weighted by molar-refractivity contribution is 0.262. The first-order chi connectivity index (χ1) is 9.45. The van der Waals surface area contributed by atoms with E-state index in [2.05, 4.69) is 10.6 Å². The molecule has 4 N–H and O–H groups in total. The lowest BCUT2D eigenvalue weighted by atomic mass is 10.2. The summed E-state index contributed by atoms with van der Waals surface area (Å²) in [4.78, 5) is 11.8. The van der Waals surface area contributed by atoms with Crippen LogP contribution in [-0.4, -0.2) is 6.03 Å². The predicted octanol–water partition coefficient (Wildman–Crippen LogP) is 4.36. The minimum absolute atomic E-state index is 0.183. The summed E-state index contributed by atoms with van der Waals surface area (Å²) in [6.45, 7) is 0. The fourth-order valence-corrected chi connectivity index (χ4v) is 1.79. The maximum absolute atomic E-state index is 13.1. The Morgan fingerprint density at radius 2 is 1.80 bits per heavy atom. The smallest absolute Gasteiger partial charge is 0.323 e. The van der Waals surface area contributed by atoms with E-state index in [-0.39, 0.29) is 11.4 Å². The number of hydrogen-bond donors (Lipinski definition) is 3. The Balaban J connectivity index is 2.09. The second-order valence-corrected chi connectivity index (χ2v) is 4.75. The van der Waals surface area contributed by atoms with E-state index in [4.69, 9.17) is 28.9 Å². The van der Waals surface area contributed by atoms with Gasteiger partial charge in [-0.3, -0.25) is 0 Å². The average molecular weight is 314 g/mol. The van der Waals surface area contributed by atoms with E-state index >= 15 is 0 Å². The highest BCUT2D eigenvalue weighted by Gasteiger charge is 2.07. The first kappa shape index (κ1) is 14.4. The van der Waals surface area contributed by atoms with Gasteiger partial charge < -0.3 is 16.4 Å². The van der Waals surface area contributed by atoms with Gasteiger partial charge in [-0.1, -0.05) is 23.2 Å². The summed E-state index contributed by atoms with van der Waals surface area (Å²) in [5, 5.41) is 5.67. The van der Waals surface area contributed by atoms with Gasteiger partial charge >= 0.3 is 6.03 Å². The van der Waals surface area contributed by atoms with Crippen molar-refractivity contribution in [2.24, 2.45) is 0 Å². The van der Waals surface area contributed by atoms with Crippen molar-refractivity contribution in [2.75, 3.05) is 16.4 Å². The number of carbonyl (C=O) groups is 1. The number of anilines is 3. The molecule has 0 saturated carbocycles. The molecule has 2 aromatic rings. The van der Waals surface area contributed by atoms with E-state index in [9.17, 15) is 9.18 Å². The molecule has 4 nitrogen and oxygen atoms in total. The minimum Gasteiger partial charge on any atom is -0.397 e. The van der Waals surface area contributed by atoms with Gasteiger partial charge in [-0.05, 0) is 36.4 Å². The van der Waals surface area contributed by atoms with Gasteiger partial charge in [0.2, 0.25) is 0 Å². The third-order valence-electron chi connectivity index (χ3n) is 2.44. The van der Waals surface area contributed by atoms with Crippen molar-refractivity contribution < 1.29 is 9.18 Å². The molecule has 0 aliphatic heterocycles. The topological polar surface area (TPSA) is 67.1 Å². The Morgan fingerprint density at radius 1 is 1.05 bits per heavy atom. The minimum atomic E-state index is -0.569. The monoisotopic (exact) mass is 313 g/mol. The fraction of sp³-hybridized carbons (Fsp3) is 0. The van der Waals surface area contributed by atoms with Gasteiger partial charge in [-0.2, -0.15) is 0 Å². The molecule has 0 aromatic heterocycles. The maximum Gasteiger partial charge on any atom is 0.323 e. The number of rotatable bonds is 2. The van der Waals surface area contributed by atoms with Crippen LogP contribution in [0.4, 0.5) is 26.2 Å². The summed E-state index contributed by atoms with van der Waals surface area (Å²) in [6, 6.07) is 7.77. The van der Waals surface area contributed by atoms with E-state index in [1.807, 2.05) is 0 Å². The van der Waals surface area contributed by atoms with Crippen LogP contribution in [-0.2, 0) is 0 Å². The molecule has 7 heteroatoms. The Bertz CT molecular complexity index is 664. The highest BCUT2D eigenvalue weighted by molar-refractivity contribution is 6.42. The van der Waals surface area contributed by atoms with Gasteiger partial charge in [0.05, 0.1) is 21.4 Å². The Hall–Kier alpha value is -1.98. The van der Waals surface area contributed by atoms with Crippen molar-refractivity contribution in [1.29, 1.82) is 0 Å². The molecule has 0 spiro atoms. The zero-order chi connectivity index (χ0) is 14.7. The summed E-state index contributed by atoms with van der Waals surface area (Å²) >= 11 is 11.6. The van der Waals surface area contributed by atoms with Crippen LogP contribution in [0.15, 0.2) is 36.4 Å². The molecule has 0 aliphatic rings. The molecule has 2 aromatic carbocycles.